The summed E-state index contributed by atoms with van der Waals surface area (Å²) in [5.41, 5.74) is 1.01. The molecule has 2 N–H and O–H groups in total. The molecule has 2 saturated heterocycles. The number of ether oxygens (including phenoxy) is 1. The van der Waals surface area contributed by atoms with Crippen molar-refractivity contribution in [3.05, 3.63) is 35.8 Å². The summed E-state index contributed by atoms with van der Waals surface area (Å²) in [6.45, 7) is 15.2. The molecular formula is C29H42FN7O. The summed E-state index contributed by atoms with van der Waals surface area (Å²) in [6, 6.07) is 8.21. The van der Waals surface area contributed by atoms with E-state index in [9.17, 15) is 9.65 Å². The smallest absolute Gasteiger partial charge is 0.229 e. The number of halogens is 1. The first-order chi connectivity index (χ1) is 17.9. The highest BCUT2D eigenvalue weighted by Crippen LogP contribution is 2.38. The van der Waals surface area contributed by atoms with E-state index in [1.54, 1.807) is 12.1 Å². The number of hydrogen-bond donors (Lipinski definition) is 2. The van der Waals surface area contributed by atoms with E-state index in [1.807, 2.05) is 6.07 Å². The number of nitrogens with zero attached hydrogens (tertiary/aromatic N) is 5. The normalized spacial score (nSPS) is 20.7. The Bertz CT molecular complexity index is 1150. The lowest BCUT2D eigenvalue weighted by atomic mass is 9.77. The minimum atomic E-state index is -0.491. The lowest BCUT2D eigenvalue weighted by Crippen LogP contribution is -2.61. The van der Waals surface area contributed by atoms with Gasteiger partial charge in [-0.1, -0.05) is 0 Å². The van der Waals surface area contributed by atoms with Gasteiger partial charge in [-0.3, -0.25) is 4.90 Å². The fraction of sp³-hybridized carbons (Fsp3) is 0.621. The molecule has 2 aliphatic heterocycles. The highest BCUT2D eigenvalue weighted by atomic mass is 19.1. The summed E-state index contributed by atoms with van der Waals surface area (Å²) in [5.74, 6) is 0.529. The van der Waals surface area contributed by atoms with Crippen molar-refractivity contribution in [3.8, 4) is 11.8 Å². The van der Waals surface area contributed by atoms with Gasteiger partial charge >= 0.3 is 0 Å². The molecule has 0 amide bonds. The Hall–Kier alpha value is -2.96. The number of rotatable bonds is 7. The fourth-order valence-electron chi connectivity index (χ4n) is 5.81. The third-order valence-electron chi connectivity index (χ3n) is 8.25. The van der Waals surface area contributed by atoms with E-state index in [0.29, 0.717) is 23.0 Å². The zero-order valence-corrected chi connectivity index (χ0v) is 23.8. The van der Waals surface area contributed by atoms with Crippen LogP contribution in [-0.4, -0.2) is 69.2 Å². The molecule has 8 nitrogen and oxygen atoms in total. The highest BCUT2D eigenvalue weighted by Gasteiger charge is 2.43. The Morgan fingerprint density at radius 2 is 1.79 bits per heavy atom. The SMILES string of the molecule is CC(C)N1CCC(Oc2ccc(Nc3ncc(F)c(NC4CC(C)(C)N(C)C(C)(C)C4)n3)cc2C#N)CC1. The van der Waals surface area contributed by atoms with Crippen LogP contribution < -0.4 is 15.4 Å². The largest absolute Gasteiger partial charge is 0.489 e. The quantitative estimate of drug-likeness (QED) is 0.489. The number of nitrogens with one attached hydrogen (secondary N) is 2. The molecule has 1 aromatic carbocycles. The highest BCUT2D eigenvalue weighted by molar-refractivity contribution is 5.61. The van der Waals surface area contributed by atoms with Gasteiger partial charge in [0, 0.05) is 41.9 Å². The van der Waals surface area contributed by atoms with Crippen molar-refractivity contribution in [3.63, 3.8) is 0 Å². The van der Waals surface area contributed by atoms with Gasteiger partial charge in [-0.25, -0.2) is 9.37 Å². The summed E-state index contributed by atoms with van der Waals surface area (Å²) in [7, 11) is 2.14. The van der Waals surface area contributed by atoms with Gasteiger partial charge in [0.25, 0.3) is 0 Å². The van der Waals surface area contributed by atoms with Crippen LogP contribution >= 0.6 is 0 Å². The van der Waals surface area contributed by atoms with Crippen LogP contribution in [0.4, 0.5) is 21.8 Å². The van der Waals surface area contributed by atoms with Crippen LogP contribution in [0.15, 0.2) is 24.4 Å². The number of nitriles is 1. The molecule has 2 aliphatic rings. The Labute approximate surface area is 226 Å². The second-order valence-corrected chi connectivity index (χ2v) is 12.2. The molecule has 206 valence electrons. The van der Waals surface area contributed by atoms with Gasteiger partial charge in [0.1, 0.15) is 17.9 Å². The second-order valence-electron chi connectivity index (χ2n) is 12.2. The Morgan fingerprint density at radius 1 is 1.13 bits per heavy atom. The van der Waals surface area contributed by atoms with E-state index in [4.69, 9.17) is 4.74 Å². The molecule has 0 spiro atoms. The van der Waals surface area contributed by atoms with Crippen LogP contribution in [0.5, 0.6) is 5.75 Å². The molecule has 1 aromatic heterocycles. The van der Waals surface area contributed by atoms with Gasteiger partial charge in [0.05, 0.1) is 11.8 Å². The van der Waals surface area contributed by atoms with Crippen molar-refractivity contribution >= 4 is 17.5 Å². The standard InChI is InChI=1S/C29H42FN7O/c1-19(2)37-12-10-23(11-13-37)38-25-9-8-21(14-20(25)17-31)34-27-32-18-24(30)26(35-27)33-22-15-28(3,4)36(7)29(5,6)16-22/h8-9,14,18-19,22-23H,10-13,15-16H2,1-7H3,(H2,32,33,34,35). The van der Waals surface area contributed by atoms with Gasteiger partial charge in [0.15, 0.2) is 11.6 Å². The van der Waals surface area contributed by atoms with Gasteiger partial charge in [-0.15, -0.1) is 0 Å². The molecule has 0 unspecified atom stereocenters. The van der Waals surface area contributed by atoms with E-state index in [2.05, 4.69) is 85.1 Å². The zero-order chi connectivity index (χ0) is 27.7. The van der Waals surface area contributed by atoms with Crippen LogP contribution in [0, 0.1) is 17.1 Å². The number of anilines is 3. The first-order valence-electron chi connectivity index (χ1n) is 13.6. The maximum Gasteiger partial charge on any atom is 0.229 e. The number of piperidine rings is 2. The van der Waals surface area contributed by atoms with Gasteiger partial charge in [0.2, 0.25) is 5.95 Å². The summed E-state index contributed by atoms with van der Waals surface area (Å²) in [6.07, 6.45) is 4.88. The first-order valence-corrected chi connectivity index (χ1v) is 13.6. The number of likely N-dealkylation sites (tertiary alicyclic amines) is 2. The predicted molar refractivity (Wildman–Crippen MR) is 149 cm³/mol. The number of hydrogen-bond acceptors (Lipinski definition) is 8. The topological polar surface area (TPSA) is 89.3 Å². The molecule has 2 fully saturated rings. The Morgan fingerprint density at radius 3 is 2.39 bits per heavy atom. The lowest BCUT2D eigenvalue weighted by molar-refractivity contribution is -0.00778. The molecule has 0 saturated carbocycles. The molecular weight excluding hydrogens is 481 g/mol. The van der Waals surface area contributed by atoms with Crippen LogP contribution in [0.25, 0.3) is 0 Å². The van der Waals surface area contributed by atoms with Gasteiger partial charge in [-0.05, 0) is 92.5 Å². The van der Waals surface area contributed by atoms with E-state index >= 15 is 0 Å². The Balaban J connectivity index is 1.43. The average Bonchev–Trinajstić information content (AvgIpc) is 2.85. The van der Waals surface area contributed by atoms with Crippen molar-refractivity contribution in [2.24, 2.45) is 0 Å². The van der Waals surface area contributed by atoms with Crippen molar-refractivity contribution in [2.45, 2.75) is 96.5 Å². The summed E-state index contributed by atoms with van der Waals surface area (Å²) < 4.78 is 20.9. The van der Waals surface area contributed by atoms with Gasteiger partial charge < -0.3 is 20.3 Å². The van der Waals surface area contributed by atoms with E-state index in [0.717, 1.165) is 38.8 Å². The fourth-order valence-corrected chi connectivity index (χ4v) is 5.81. The minimum Gasteiger partial charge on any atom is -0.489 e. The number of aromatic nitrogens is 2. The molecule has 0 aliphatic carbocycles. The van der Waals surface area contributed by atoms with Crippen molar-refractivity contribution in [1.29, 1.82) is 5.26 Å². The van der Waals surface area contributed by atoms with Crippen LogP contribution in [-0.2, 0) is 0 Å². The monoisotopic (exact) mass is 523 g/mol. The Kier molecular flexibility index (Phi) is 8.15. The second kappa shape index (κ2) is 11.0. The molecule has 9 heteroatoms. The predicted octanol–water partition coefficient (Wildman–Crippen LogP) is 5.55. The molecule has 0 radical (unpaired) electrons. The third kappa shape index (κ3) is 6.36. The summed E-state index contributed by atoms with van der Waals surface area (Å²) >= 11 is 0. The van der Waals surface area contributed by atoms with Crippen LogP contribution in [0.1, 0.15) is 72.8 Å². The van der Waals surface area contributed by atoms with Gasteiger partial charge in [-0.2, -0.15) is 10.2 Å². The lowest BCUT2D eigenvalue weighted by Gasteiger charge is -2.53. The minimum absolute atomic E-state index is 0.0348. The molecule has 0 bridgehead atoms. The van der Waals surface area contributed by atoms with E-state index in [-0.39, 0.29) is 35.0 Å². The van der Waals surface area contributed by atoms with Crippen molar-refractivity contribution in [1.82, 2.24) is 19.8 Å². The van der Waals surface area contributed by atoms with E-state index < -0.39 is 5.82 Å². The van der Waals surface area contributed by atoms with Crippen LogP contribution in [0.3, 0.4) is 0 Å². The molecule has 0 atom stereocenters. The summed E-state index contributed by atoms with van der Waals surface area (Å²) in [4.78, 5) is 13.4. The first kappa shape index (κ1) is 28.1. The molecule has 38 heavy (non-hydrogen) atoms. The molecule has 2 aromatic rings. The van der Waals surface area contributed by atoms with Crippen molar-refractivity contribution < 1.29 is 9.13 Å². The average molecular weight is 524 g/mol. The summed E-state index contributed by atoms with van der Waals surface area (Å²) in [5, 5.41) is 16.2. The maximum atomic E-state index is 14.7. The third-order valence-corrected chi connectivity index (χ3v) is 8.25. The van der Waals surface area contributed by atoms with E-state index in [1.165, 1.54) is 6.20 Å². The maximum absolute atomic E-state index is 14.7. The molecule has 4 rings (SSSR count). The molecule has 3 heterocycles. The zero-order valence-electron chi connectivity index (χ0n) is 23.8. The van der Waals surface area contributed by atoms with Crippen molar-refractivity contribution in [2.75, 3.05) is 30.8 Å². The number of benzene rings is 1. The van der Waals surface area contributed by atoms with Crippen LogP contribution in [0.2, 0.25) is 0 Å².